The quantitative estimate of drug-likeness (QED) is 0.139. The average Bonchev–Trinajstić information content (AvgIpc) is 3.35. The zero-order valence-electron chi connectivity index (χ0n) is 33.6. The lowest BCUT2D eigenvalue weighted by Gasteiger charge is -2.26. The van der Waals surface area contributed by atoms with Crippen molar-refractivity contribution in [2.24, 2.45) is 0 Å². The van der Waals surface area contributed by atoms with Crippen molar-refractivity contribution < 1.29 is 0 Å². The van der Waals surface area contributed by atoms with Crippen LogP contribution in [-0.4, -0.2) is 0 Å². The van der Waals surface area contributed by atoms with Crippen LogP contribution in [0.1, 0.15) is 0 Å². The lowest BCUT2D eigenvalue weighted by molar-refractivity contribution is 1.29. The molecule has 0 amide bonds. The Morgan fingerprint density at radius 3 is 1.15 bits per heavy atom. The van der Waals surface area contributed by atoms with Crippen LogP contribution in [0.25, 0.3) is 88.0 Å². The van der Waals surface area contributed by atoms with E-state index < -0.39 is 0 Å². The molecule has 0 N–H and O–H groups in total. The standard InChI is InChI=1S/C60H41N/c1-3-11-42(12-4-1)43-21-23-44(24-22-43)45-25-27-46(28-26-45)47-31-35-53(36-32-47)61(55-39-40-57-52(41-55)30-29-49-15-7-8-18-56(49)57)54-37-33-50(34-38-54)59-20-10-17-51-16-9-19-58(60(51)59)48-13-5-2-6-14-48/h1-41H. The summed E-state index contributed by atoms with van der Waals surface area (Å²) < 4.78 is 0. The molecule has 0 aliphatic heterocycles. The number of fused-ring (bicyclic) bond motifs is 4. The van der Waals surface area contributed by atoms with Gasteiger partial charge in [0.05, 0.1) is 0 Å². The highest BCUT2D eigenvalue weighted by atomic mass is 15.1. The van der Waals surface area contributed by atoms with Crippen LogP contribution < -0.4 is 4.90 Å². The minimum Gasteiger partial charge on any atom is -0.310 e. The molecule has 1 nitrogen and oxygen atoms in total. The van der Waals surface area contributed by atoms with Gasteiger partial charge in [-0.15, -0.1) is 0 Å². The van der Waals surface area contributed by atoms with Crippen LogP contribution in [0.15, 0.2) is 249 Å². The molecule has 0 fully saturated rings. The maximum atomic E-state index is 2.38. The predicted octanol–water partition coefficient (Wildman–Crippen LogP) is 17.0. The van der Waals surface area contributed by atoms with Crippen LogP contribution in [0.2, 0.25) is 0 Å². The Bertz CT molecular complexity index is 3290. The van der Waals surface area contributed by atoms with Gasteiger partial charge in [0, 0.05) is 17.1 Å². The van der Waals surface area contributed by atoms with E-state index in [2.05, 4.69) is 254 Å². The summed E-state index contributed by atoms with van der Waals surface area (Å²) in [5, 5.41) is 7.50. The van der Waals surface area contributed by atoms with E-state index in [0.29, 0.717) is 0 Å². The first-order chi connectivity index (χ1) is 30.2. The molecule has 0 bridgehead atoms. The molecule has 0 spiro atoms. The molecule has 0 aliphatic rings. The number of hydrogen-bond acceptors (Lipinski definition) is 1. The summed E-state index contributed by atoms with van der Waals surface area (Å²) in [7, 11) is 0. The third-order valence-corrected chi connectivity index (χ3v) is 12.1. The Morgan fingerprint density at radius 1 is 0.213 bits per heavy atom. The summed E-state index contributed by atoms with van der Waals surface area (Å²) in [5.74, 6) is 0. The van der Waals surface area contributed by atoms with Gasteiger partial charge < -0.3 is 4.90 Å². The van der Waals surface area contributed by atoms with Crippen molar-refractivity contribution in [1.82, 2.24) is 0 Å². The molecule has 0 atom stereocenters. The maximum absolute atomic E-state index is 2.38. The van der Waals surface area contributed by atoms with Gasteiger partial charge in [-0.1, -0.05) is 212 Å². The van der Waals surface area contributed by atoms with Crippen molar-refractivity contribution in [3.8, 4) is 55.6 Å². The van der Waals surface area contributed by atoms with Crippen molar-refractivity contribution in [3.05, 3.63) is 249 Å². The van der Waals surface area contributed by atoms with E-state index in [9.17, 15) is 0 Å². The van der Waals surface area contributed by atoms with Gasteiger partial charge in [0.2, 0.25) is 0 Å². The van der Waals surface area contributed by atoms with Crippen molar-refractivity contribution in [1.29, 1.82) is 0 Å². The SMILES string of the molecule is c1ccc(-c2ccc(-c3ccc(-c4ccc(N(c5ccc(-c6cccc7cccc(-c8ccccc8)c67)cc5)c5ccc6c(ccc7ccccc76)c5)cc4)cc3)cc2)cc1. The Balaban J connectivity index is 0.948. The van der Waals surface area contributed by atoms with Gasteiger partial charge in [0.15, 0.2) is 0 Å². The molecule has 286 valence electrons. The highest BCUT2D eigenvalue weighted by molar-refractivity contribution is 6.09. The molecule has 61 heavy (non-hydrogen) atoms. The van der Waals surface area contributed by atoms with Crippen LogP contribution in [0.5, 0.6) is 0 Å². The Labute approximate surface area is 357 Å². The molecule has 0 heterocycles. The minimum atomic E-state index is 1.10. The Morgan fingerprint density at radius 2 is 0.590 bits per heavy atom. The van der Waals surface area contributed by atoms with E-state index in [4.69, 9.17) is 0 Å². The third kappa shape index (κ3) is 6.93. The van der Waals surface area contributed by atoms with Crippen LogP contribution in [0.3, 0.4) is 0 Å². The third-order valence-electron chi connectivity index (χ3n) is 12.1. The van der Waals surface area contributed by atoms with E-state index in [-0.39, 0.29) is 0 Å². The highest BCUT2D eigenvalue weighted by Crippen LogP contribution is 2.41. The zero-order valence-corrected chi connectivity index (χ0v) is 33.6. The van der Waals surface area contributed by atoms with E-state index in [1.807, 2.05) is 0 Å². The first-order valence-electron chi connectivity index (χ1n) is 21.0. The van der Waals surface area contributed by atoms with Crippen LogP contribution in [0, 0.1) is 0 Å². The van der Waals surface area contributed by atoms with Gasteiger partial charge in [0.1, 0.15) is 0 Å². The molecule has 11 rings (SSSR count). The van der Waals surface area contributed by atoms with E-state index in [0.717, 1.165) is 17.1 Å². The second kappa shape index (κ2) is 15.6. The van der Waals surface area contributed by atoms with Crippen molar-refractivity contribution in [2.75, 3.05) is 4.90 Å². The molecule has 0 unspecified atom stereocenters. The topological polar surface area (TPSA) is 3.24 Å². The Hall–Kier alpha value is -8.00. The van der Waals surface area contributed by atoms with Gasteiger partial charge >= 0.3 is 0 Å². The molecule has 0 saturated carbocycles. The second-order valence-corrected chi connectivity index (χ2v) is 15.7. The smallest absolute Gasteiger partial charge is 0.0468 e. The minimum absolute atomic E-state index is 1.10. The van der Waals surface area contributed by atoms with Crippen molar-refractivity contribution in [2.45, 2.75) is 0 Å². The molecular weight excluding hydrogens is 735 g/mol. The molecule has 0 saturated heterocycles. The number of nitrogens with zero attached hydrogens (tertiary/aromatic N) is 1. The van der Waals surface area contributed by atoms with Gasteiger partial charge in [-0.05, 0) is 124 Å². The molecule has 1 heteroatoms. The maximum Gasteiger partial charge on any atom is 0.0468 e. The summed E-state index contributed by atoms with van der Waals surface area (Å²) >= 11 is 0. The van der Waals surface area contributed by atoms with Crippen molar-refractivity contribution >= 4 is 49.4 Å². The summed E-state index contributed by atoms with van der Waals surface area (Å²) in [6, 6.07) is 90.3. The molecular formula is C60H41N. The van der Waals surface area contributed by atoms with Gasteiger partial charge in [-0.3, -0.25) is 0 Å². The van der Waals surface area contributed by atoms with Crippen molar-refractivity contribution in [3.63, 3.8) is 0 Å². The van der Waals surface area contributed by atoms with Crippen LogP contribution in [0.4, 0.5) is 17.1 Å². The predicted molar refractivity (Wildman–Crippen MR) is 261 cm³/mol. The number of rotatable bonds is 8. The van der Waals surface area contributed by atoms with Gasteiger partial charge in [-0.25, -0.2) is 0 Å². The second-order valence-electron chi connectivity index (χ2n) is 15.7. The fraction of sp³-hybridized carbons (Fsp3) is 0. The summed E-state index contributed by atoms with van der Waals surface area (Å²) in [4.78, 5) is 2.38. The first-order valence-corrected chi connectivity index (χ1v) is 21.0. The molecule has 0 radical (unpaired) electrons. The fourth-order valence-corrected chi connectivity index (χ4v) is 8.96. The molecule has 11 aromatic rings. The van der Waals surface area contributed by atoms with Crippen LogP contribution in [-0.2, 0) is 0 Å². The highest BCUT2D eigenvalue weighted by Gasteiger charge is 2.16. The fourth-order valence-electron chi connectivity index (χ4n) is 8.96. The van der Waals surface area contributed by atoms with E-state index >= 15 is 0 Å². The lowest BCUT2D eigenvalue weighted by Crippen LogP contribution is -2.09. The first kappa shape index (κ1) is 36.1. The van der Waals surface area contributed by atoms with Gasteiger partial charge in [-0.2, -0.15) is 0 Å². The lowest BCUT2D eigenvalue weighted by atomic mass is 9.91. The summed E-state index contributed by atoms with van der Waals surface area (Å²) in [6.07, 6.45) is 0. The number of anilines is 3. The summed E-state index contributed by atoms with van der Waals surface area (Å²) in [5.41, 5.74) is 15.4. The number of benzene rings is 11. The summed E-state index contributed by atoms with van der Waals surface area (Å²) in [6.45, 7) is 0. The normalized spacial score (nSPS) is 11.3. The molecule has 0 aromatic heterocycles. The zero-order chi connectivity index (χ0) is 40.5. The monoisotopic (exact) mass is 775 g/mol. The average molecular weight is 776 g/mol. The molecule has 11 aromatic carbocycles. The Kier molecular flexibility index (Phi) is 9.26. The largest absolute Gasteiger partial charge is 0.310 e. The van der Waals surface area contributed by atoms with E-state index in [1.54, 1.807) is 0 Å². The van der Waals surface area contributed by atoms with E-state index in [1.165, 1.54) is 88.0 Å². The van der Waals surface area contributed by atoms with Crippen LogP contribution >= 0.6 is 0 Å². The molecule has 0 aliphatic carbocycles. The van der Waals surface area contributed by atoms with Gasteiger partial charge in [0.25, 0.3) is 0 Å². The number of hydrogen-bond donors (Lipinski definition) is 0.